The molecule has 2 aromatic rings. The second-order valence-corrected chi connectivity index (χ2v) is 12.4. The fourth-order valence-electron chi connectivity index (χ4n) is 8.37. The van der Waals surface area contributed by atoms with Crippen LogP contribution in [0.25, 0.3) is 0 Å². The molecular weight excluding hydrogens is 551 g/mol. The Bertz CT molecular complexity index is 1370. The van der Waals surface area contributed by atoms with Gasteiger partial charge in [-0.25, -0.2) is 4.98 Å². The predicted molar refractivity (Wildman–Crippen MR) is 146 cm³/mol. The van der Waals surface area contributed by atoms with Gasteiger partial charge < -0.3 is 26.2 Å². The smallest absolute Gasteiger partial charge is 0.405 e. The van der Waals surface area contributed by atoms with Crippen molar-refractivity contribution in [1.82, 2.24) is 14.9 Å². The molecule has 224 valence electrons. The van der Waals surface area contributed by atoms with Crippen molar-refractivity contribution in [2.75, 3.05) is 23.7 Å². The number of nitriles is 1. The van der Waals surface area contributed by atoms with E-state index in [0.29, 0.717) is 43.1 Å². The summed E-state index contributed by atoms with van der Waals surface area (Å²) in [5, 5.41) is 26.4. The number of ether oxygens (including phenoxy) is 1. The third kappa shape index (κ3) is 5.70. The highest BCUT2D eigenvalue weighted by Gasteiger charge is 2.58. The van der Waals surface area contributed by atoms with Crippen molar-refractivity contribution < 1.29 is 27.8 Å². The lowest BCUT2D eigenvalue weighted by molar-refractivity contribution is -0.274. The van der Waals surface area contributed by atoms with Crippen molar-refractivity contribution in [2.45, 2.75) is 69.6 Å². The third-order valence-corrected chi connectivity index (χ3v) is 9.55. The number of aliphatic hydroxyl groups is 1. The maximum Gasteiger partial charge on any atom is 0.573 e. The number of anilines is 2. The van der Waals surface area contributed by atoms with Gasteiger partial charge in [-0.15, -0.1) is 13.2 Å². The number of benzene rings is 1. The van der Waals surface area contributed by atoms with Crippen molar-refractivity contribution in [3.8, 4) is 11.8 Å². The van der Waals surface area contributed by atoms with Crippen LogP contribution >= 0.6 is 0 Å². The Morgan fingerprint density at radius 3 is 2.62 bits per heavy atom. The first-order valence-electron chi connectivity index (χ1n) is 14.3. The Morgan fingerprint density at radius 2 is 1.93 bits per heavy atom. The van der Waals surface area contributed by atoms with Crippen molar-refractivity contribution in [3.05, 3.63) is 41.6 Å². The molecule has 1 saturated heterocycles. The van der Waals surface area contributed by atoms with Gasteiger partial charge in [-0.2, -0.15) is 10.2 Å². The number of nitrogens with two attached hydrogens (primary N) is 1. The van der Waals surface area contributed by atoms with Crippen LogP contribution in [0.1, 0.15) is 49.7 Å². The summed E-state index contributed by atoms with van der Waals surface area (Å²) in [6.07, 6.45) is 1.68. The molecule has 2 heterocycles. The molecule has 13 heteroatoms. The number of para-hydroxylation sites is 1. The molecule has 4 bridgehead atoms. The van der Waals surface area contributed by atoms with Crippen LogP contribution in [-0.2, 0) is 11.3 Å². The number of aromatic nitrogens is 2. The summed E-state index contributed by atoms with van der Waals surface area (Å²) < 4.78 is 42.5. The average Bonchev–Trinajstić information content (AvgIpc) is 3.31. The fourth-order valence-corrected chi connectivity index (χ4v) is 8.37. The van der Waals surface area contributed by atoms with E-state index in [1.165, 1.54) is 24.4 Å². The van der Waals surface area contributed by atoms with Gasteiger partial charge in [-0.3, -0.25) is 9.69 Å². The molecule has 7 atom stereocenters. The molecule has 1 aliphatic heterocycles. The largest absolute Gasteiger partial charge is 0.573 e. The van der Waals surface area contributed by atoms with Crippen LogP contribution < -0.4 is 21.1 Å². The van der Waals surface area contributed by atoms with E-state index >= 15 is 0 Å². The summed E-state index contributed by atoms with van der Waals surface area (Å²) in [6.45, 7) is 1.10. The molecule has 10 nitrogen and oxygen atoms in total. The number of β-amino-alcohol motifs (C(OH)–C–C–N with tert-alkyl or cyclic N) is 1. The van der Waals surface area contributed by atoms with E-state index in [0.717, 1.165) is 32.1 Å². The van der Waals surface area contributed by atoms with E-state index in [9.17, 15) is 28.3 Å². The number of halogens is 3. The number of aliphatic hydroxyl groups excluding tert-OH is 1. The van der Waals surface area contributed by atoms with Gasteiger partial charge >= 0.3 is 6.36 Å². The molecular formula is C29H34F3N7O3. The van der Waals surface area contributed by atoms with Crippen LogP contribution in [0.3, 0.4) is 0 Å². The van der Waals surface area contributed by atoms with Gasteiger partial charge in [0.25, 0.3) is 0 Å². The SMILES string of the molecule is N#Cc1cnc(NCc2ccccc2OC(F)(F)F)nc1NC[C@]12CC3C[C@H](C1)C(N1C[C@H](O)C[C@@H]1C(N)=O)[C@@H](C3)C2. The normalized spacial score (nSPS) is 32.0. The van der Waals surface area contributed by atoms with Crippen LogP contribution in [-0.4, -0.2) is 63.5 Å². The molecule has 5 N–H and O–H groups in total. The second kappa shape index (κ2) is 10.9. The molecule has 0 spiro atoms. The number of hydrogen-bond donors (Lipinski definition) is 4. The number of carbonyl (C=O) groups is 1. The summed E-state index contributed by atoms with van der Waals surface area (Å²) in [7, 11) is 0. The Kier molecular flexibility index (Phi) is 7.39. The van der Waals surface area contributed by atoms with Gasteiger partial charge in [-0.05, 0) is 67.8 Å². The van der Waals surface area contributed by atoms with E-state index in [4.69, 9.17) is 5.73 Å². The Morgan fingerprint density at radius 1 is 1.19 bits per heavy atom. The minimum absolute atomic E-state index is 0.00848. The minimum atomic E-state index is -4.81. The molecule has 1 aromatic heterocycles. The number of primary amides is 1. The van der Waals surface area contributed by atoms with Gasteiger partial charge in [-0.1, -0.05) is 18.2 Å². The van der Waals surface area contributed by atoms with E-state index in [2.05, 4.69) is 36.3 Å². The first kappa shape index (κ1) is 28.5. The topological polar surface area (TPSA) is 149 Å². The summed E-state index contributed by atoms with van der Waals surface area (Å²) in [5.74, 6) is 1.27. The summed E-state index contributed by atoms with van der Waals surface area (Å²) in [5.41, 5.74) is 6.29. The fraction of sp³-hybridized carbons (Fsp3) is 0.586. The standard InChI is InChI=1S/C29H34F3N7O3/c30-29(31,32)42-23-4-2-1-3-17(23)12-35-27-36-13-20(11-33)26(38-27)37-15-28-8-16-5-18(9-28)24(19(6-16)10-28)39-14-21(40)7-22(39)25(34)41/h1-4,13,16,18-19,21-22,24,40H,5-10,12,14-15H2,(H2,34,41)(H2,35,36,37,38)/t16?,18-,19+,21-,22-,24?,28-/m1/s1. The minimum Gasteiger partial charge on any atom is -0.405 e. The Labute approximate surface area is 241 Å². The van der Waals surface area contributed by atoms with Gasteiger partial charge in [0.1, 0.15) is 23.2 Å². The molecule has 4 aliphatic carbocycles. The molecule has 1 amide bonds. The highest BCUT2D eigenvalue weighted by Crippen LogP contribution is 2.61. The number of rotatable bonds is 9. The van der Waals surface area contributed by atoms with Crippen molar-refractivity contribution in [1.29, 1.82) is 5.26 Å². The maximum atomic E-state index is 12.8. The van der Waals surface area contributed by atoms with Crippen molar-refractivity contribution in [3.63, 3.8) is 0 Å². The Balaban J connectivity index is 1.14. The zero-order chi connectivity index (χ0) is 29.6. The highest BCUT2D eigenvalue weighted by molar-refractivity contribution is 5.80. The molecule has 5 fully saturated rings. The summed E-state index contributed by atoms with van der Waals surface area (Å²) in [4.78, 5) is 23.0. The lowest BCUT2D eigenvalue weighted by atomic mass is 9.47. The van der Waals surface area contributed by atoms with Crippen LogP contribution in [0.2, 0.25) is 0 Å². The van der Waals surface area contributed by atoms with Crippen LogP contribution in [0.4, 0.5) is 24.9 Å². The number of nitrogens with one attached hydrogen (secondary N) is 2. The van der Waals surface area contributed by atoms with Crippen LogP contribution in [0.5, 0.6) is 5.75 Å². The first-order valence-corrected chi connectivity index (χ1v) is 14.3. The quantitative estimate of drug-likeness (QED) is 0.347. The number of likely N-dealkylation sites (tertiary alicyclic amines) is 1. The molecule has 1 aromatic carbocycles. The molecule has 2 unspecified atom stereocenters. The van der Waals surface area contributed by atoms with E-state index in [1.54, 1.807) is 6.07 Å². The van der Waals surface area contributed by atoms with Gasteiger partial charge in [0, 0.05) is 31.2 Å². The van der Waals surface area contributed by atoms with E-state index in [-0.39, 0.29) is 46.7 Å². The number of amides is 1. The average molecular weight is 586 g/mol. The van der Waals surface area contributed by atoms with Crippen LogP contribution in [0.15, 0.2) is 30.5 Å². The van der Waals surface area contributed by atoms with E-state index < -0.39 is 18.5 Å². The zero-order valence-corrected chi connectivity index (χ0v) is 23.0. The molecule has 4 saturated carbocycles. The molecule has 5 aliphatic rings. The van der Waals surface area contributed by atoms with Crippen LogP contribution in [0, 0.1) is 34.5 Å². The summed E-state index contributed by atoms with van der Waals surface area (Å²) >= 11 is 0. The number of hydrogen-bond acceptors (Lipinski definition) is 9. The maximum absolute atomic E-state index is 12.8. The van der Waals surface area contributed by atoms with Crippen molar-refractivity contribution in [2.24, 2.45) is 28.9 Å². The number of nitrogens with zero attached hydrogens (tertiary/aromatic N) is 4. The molecule has 7 rings (SSSR count). The third-order valence-electron chi connectivity index (χ3n) is 9.55. The monoisotopic (exact) mass is 585 g/mol. The highest BCUT2D eigenvalue weighted by atomic mass is 19.4. The lowest BCUT2D eigenvalue weighted by Crippen LogP contribution is -2.62. The second-order valence-electron chi connectivity index (χ2n) is 12.4. The van der Waals surface area contributed by atoms with Gasteiger partial charge in [0.05, 0.1) is 18.3 Å². The molecule has 0 radical (unpaired) electrons. The van der Waals surface area contributed by atoms with Gasteiger partial charge in [0.15, 0.2) is 0 Å². The predicted octanol–water partition coefficient (Wildman–Crippen LogP) is 3.39. The number of alkyl halides is 3. The summed E-state index contributed by atoms with van der Waals surface area (Å²) in [6, 6.07) is 7.77. The zero-order valence-electron chi connectivity index (χ0n) is 23.0. The lowest BCUT2D eigenvalue weighted by Gasteiger charge is -2.62. The van der Waals surface area contributed by atoms with Crippen molar-refractivity contribution >= 4 is 17.7 Å². The molecule has 42 heavy (non-hydrogen) atoms. The first-order chi connectivity index (χ1) is 20.0. The number of carbonyl (C=O) groups excluding carboxylic acids is 1. The Hall–Kier alpha value is -3.63. The van der Waals surface area contributed by atoms with E-state index in [1.807, 2.05) is 0 Å². The van der Waals surface area contributed by atoms with Gasteiger partial charge in [0.2, 0.25) is 11.9 Å².